The number of carbonyl (C=O) groups is 3. The highest BCUT2D eigenvalue weighted by atomic mass is 32.2. The van der Waals surface area contributed by atoms with Gasteiger partial charge in [0.15, 0.2) is 15.9 Å². The molecule has 0 aromatic carbocycles. The fourth-order valence-corrected chi connectivity index (χ4v) is 4.96. The van der Waals surface area contributed by atoms with E-state index in [4.69, 9.17) is 5.73 Å². The third-order valence-corrected chi connectivity index (χ3v) is 6.44. The van der Waals surface area contributed by atoms with Crippen LogP contribution in [-0.2, 0) is 24.2 Å². The molecule has 0 aromatic rings. The molecule has 0 saturated carbocycles. The Balaban J connectivity index is 2.35. The number of ether oxygens (including phenoxy) is 1. The maximum absolute atomic E-state index is 12.4. The topological polar surface area (TPSA) is 144 Å². The third-order valence-electron chi connectivity index (χ3n) is 3.74. The van der Waals surface area contributed by atoms with Gasteiger partial charge < -0.3 is 20.5 Å². The van der Waals surface area contributed by atoms with E-state index in [0.29, 0.717) is 0 Å². The molecule has 2 saturated heterocycles. The molecule has 2 rings (SSSR count). The molecule has 2 fully saturated rings. The summed E-state index contributed by atoms with van der Waals surface area (Å²) in [6.45, 7) is 0.943. The van der Waals surface area contributed by atoms with Crippen LogP contribution in [0.15, 0.2) is 12.2 Å². The number of sulfone groups is 1. The number of nitrogens with two attached hydrogens (primary N) is 1. The Bertz CT molecular complexity index is 641. The second-order valence-corrected chi connectivity index (χ2v) is 7.48. The molecule has 10 heteroatoms. The molecule has 21 heavy (non-hydrogen) atoms. The van der Waals surface area contributed by atoms with E-state index in [0.717, 1.165) is 11.0 Å². The van der Waals surface area contributed by atoms with E-state index in [9.17, 15) is 27.9 Å². The maximum Gasteiger partial charge on any atom is 0.404 e. The number of hydrogen-bond donors (Lipinski definition) is 2. The van der Waals surface area contributed by atoms with Gasteiger partial charge in [-0.2, -0.15) is 0 Å². The highest BCUT2D eigenvalue weighted by Crippen LogP contribution is 2.46. The van der Waals surface area contributed by atoms with Crippen molar-refractivity contribution >= 4 is 27.8 Å². The van der Waals surface area contributed by atoms with Crippen LogP contribution in [0.4, 0.5) is 4.79 Å². The number of amides is 2. The summed E-state index contributed by atoms with van der Waals surface area (Å²) >= 11 is 0. The Labute approximate surface area is 120 Å². The highest BCUT2D eigenvalue weighted by molar-refractivity contribution is 7.94. The van der Waals surface area contributed by atoms with Gasteiger partial charge >= 0.3 is 12.1 Å². The van der Waals surface area contributed by atoms with Gasteiger partial charge in [0.25, 0.3) is 0 Å². The molecule has 9 nitrogen and oxygen atoms in total. The number of aliphatic carboxylic acids is 1. The van der Waals surface area contributed by atoms with Crippen LogP contribution < -0.4 is 5.73 Å². The Hall–Kier alpha value is -2.10. The summed E-state index contributed by atoms with van der Waals surface area (Å²) in [5, 5.41) is 8.15. The van der Waals surface area contributed by atoms with Crippen molar-refractivity contribution in [3.8, 4) is 0 Å². The lowest BCUT2D eigenvalue weighted by molar-refractivity contribution is -0.157. The van der Waals surface area contributed by atoms with Crippen molar-refractivity contribution in [1.82, 2.24) is 4.90 Å². The van der Waals surface area contributed by atoms with Gasteiger partial charge in [-0.15, -0.1) is 0 Å². The maximum atomic E-state index is 12.4. The van der Waals surface area contributed by atoms with Crippen LogP contribution in [0.2, 0.25) is 0 Å². The van der Waals surface area contributed by atoms with E-state index < -0.39 is 44.0 Å². The molecule has 0 unspecified atom stereocenters. The standard InChI is InChI=1S/C11H14N2O7S/c1-11(3-2-4-20-10(12)17)8(9(15)16)13-6(14)5-7(13)21(11,18)19/h2-3,7-8H,4-5H2,1H3,(H2,12,17)(H,15,16)/t7-,8+,11+/m1/s1. The number of carboxylic acid groups (broad SMARTS) is 1. The van der Waals surface area contributed by atoms with Gasteiger partial charge in [0.1, 0.15) is 16.7 Å². The summed E-state index contributed by atoms with van der Waals surface area (Å²) in [5.74, 6) is -1.92. The van der Waals surface area contributed by atoms with Gasteiger partial charge in [-0.05, 0) is 13.0 Å². The van der Waals surface area contributed by atoms with Gasteiger partial charge in [-0.25, -0.2) is 18.0 Å². The van der Waals surface area contributed by atoms with Crippen molar-refractivity contribution < 1.29 is 32.6 Å². The van der Waals surface area contributed by atoms with E-state index in [1.807, 2.05) is 0 Å². The molecular formula is C11H14N2O7S. The summed E-state index contributed by atoms with van der Waals surface area (Å²) < 4.78 is 27.5. The summed E-state index contributed by atoms with van der Waals surface area (Å²) in [4.78, 5) is 34.2. The number of primary amides is 1. The van der Waals surface area contributed by atoms with Gasteiger partial charge in [0.05, 0.1) is 6.42 Å². The molecule has 3 atom stereocenters. The van der Waals surface area contributed by atoms with E-state index in [1.54, 1.807) is 0 Å². The predicted molar refractivity (Wildman–Crippen MR) is 68.7 cm³/mol. The van der Waals surface area contributed by atoms with E-state index in [2.05, 4.69) is 4.74 Å². The molecule has 0 aromatic heterocycles. The van der Waals surface area contributed by atoms with Crippen LogP contribution >= 0.6 is 0 Å². The Kier molecular flexibility index (Phi) is 3.44. The van der Waals surface area contributed by atoms with Crippen LogP contribution in [0, 0.1) is 0 Å². The number of rotatable bonds is 4. The first-order chi connectivity index (χ1) is 9.63. The molecule has 3 N–H and O–H groups in total. The summed E-state index contributed by atoms with van der Waals surface area (Å²) in [6.07, 6.45) is 1.09. The fraction of sp³-hybridized carbons (Fsp3) is 0.545. The third kappa shape index (κ3) is 2.06. The zero-order chi connectivity index (χ0) is 16.0. The average Bonchev–Trinajstić information content (AvgIpc) is 2.49. The van der Waals surface area contributed by atoms with Crippen molar-refractivity contribution in [1.29, 1.82) is 0 Å². The zero-order valence-corrected chi connectivity index (χ0v) is 11.9. The lowest BCUT2D eigenvalue weighted by atomic mass is 9.96. The van der Waals surface area contributed by atoms with E-state index in [-0.39, 0.29) is 13.0 Å². The van der Waals surface area contributed by atoms with Crippen LogP contribution in [0.5, 0.6) is 0 Å². The monoisotopic (exact) mass is 318 g/mol. The molecule has 2 heterocycles. The summed E-state index contributed by atoms with van der Waals surface area (Å²) in [5.41, 5.74) is 4.76. The number of nitrogens with zero attached hydrogens (tertiary/aromatic N) is 1. The first-order valence-corrected chi connectivity index (χ1v) is 7.55. The van der Waals surface area contributed by atoms with Gasteiger partial charge in [0, 0.05) is 0 Å². The first kappa shape index (κ1) is 15.3. The molecule has 2 aliphatic rings. The fourth-order valence-electron chi connectivity index (χ4n) is 2.66. The number of β-lactam (4-membered cyclic amide) rings is 1. The van der Waals surface area contributed by atoms with Crippen molar-refractivity contribution in [3.05, 3.63) is 12.2 Å². The minimum atomic E-state index is -3.89. The predicted octanol–water partition coefficient (Wildman–Crippen LogP) is -1.16. The highest BCUT2D eigenvalue weighted by Gasteiger charge is 2.68. The molecular weight excluding hydrogens is 304 g/mol. The van der Waals surface area contributed by atoms with Crippen LogP contribution in [0.25, 0.3) is 0 Å². The number of carboxylic acids is 1. The van der Waals surface area contributed by atoms with Crippen LogP contribution in [-0.4, -0.2) is 59.2 Å². The molecule has 0 bridgehead atoms. The smallest absolute Gasteiger partial charge is 0.404 e. The van der Waals surface area contributed by atoms with Crippen molar-refractivity contribution in [2.75, 3.05) is 6.61 Å². The summed E-state index contributed by atoms with van der Waals surface area (Å²) in [7, 11) is -3.89. The van der Waals surface area contributed by atoms with E-state index in [1.165, 1.54) is 13.0 Å². The number of fused-ring (bicyclic) bond motifs is 1. The second kappa shape index (κ2) is 4.72. The van der Waals surface area contributed by atoms with Gasteiger partial charge in [0.2, 0.25) is 5.91 Å². The SMILES string of the molecule is C[C@]1(C=CCOC(N)=O)[C@H](C(=O)O)N2C(=O)C[C@H]2S1(=O)=O. The van der Waals surface area contributed by atoms with E-state index >= 15 is 0 Å². The second-order valence-electron chi connectivity index (χ2n) is 4.96. The largest absolute Gasteiger partial charge is 0.480 e. The van der Waals surface area contributed by atoms with Crippen molar-refractivity contribution in [3.63, 3.8) is 0 Å². The summed E-state index contributed by atoms with van der Waals surface area (Å²) in [6, 6.07) is -1.50. The minimum Gasteiger partial charge on any atom is -0.480 e. The molecule has 0 spiro atoms. The minimum absolute atomic E-state index is 0.215. The lowest BCUT2D eigenvalue weighted by Crippen LogP contribution is -2.57. The van der Waals surface area contributed by atoms with Gasteiger partial charge in [-0.1, -0.05) is 6.08 Å². The Morgan fingerprint density at radius 3 is 2.67 bits per heavy atom. The van der Waals surface area contributed by atoms with Crippen LogP contribution in [0.3, 0.4) is 0 Å². The van der Waals surface area contributed by atoms with Crippen molar-refractivity contribution in [2.24, 2.45) is 5.73 Å². The van der Waals surface area contributed by atoms with Crippen molar-refractivity contribution in [2.45, 2.75) is 29.5 Å². The molecule has 2 aliphatic heterocycles. The molecule has 2 amide bonds. The number of carbonyl (C=O) groups excluding carboxylic acids is 2. The first-order valence-electron chi connectivity index (χ1n) is 6.00. The quantitative estimate of drug-likeness (QED) is 0.491. The van der Waals surface area contributed by atoms with Gasteiger partial charge in [-0.3, -0.25) is 4.79 Å². The number of hydrogen-bond acceptors (Lipinski definition) is 6. The molecule has 116 valence electrons. The normalized spacial score (nSPS) is 33.6. The molecule has 0 radical (unpaired) electrons. The lowest BCUT2D eigenvalue weighted by Gasteiger charge is -2.35. The Morgan fingerprint density at radius 1 is 1.57 bits per heavy atom. The Morgan fingerprint density at radius 2 is 2.19 bits per heavy atom. The zero-order valence-electron chi connectivity index (χ0n) is 11.1. The molecule has 0 aliphatic carbocycles. The van der Waals surface area contributed by atoms with Crippen LogP contribution in [0.1, 0.15) is 13.3 Å². The average molecular weight is 318 g/mol.